The van der Waals surface area contributed by atoms with E-state index in [0.29, 0.717) is 6.54 Å². The van der Waals surface area contributed by atoms with Crippen molar-refractivity contribution in [2.75, 3.05) is 5.32 Å². The summed E-state index contributed by atoms with van der Waals surface area (Å²) in [6.07, 6.45) is -4.41. The van der Waals surface area contributed by atoms with Gasteiger partial charge in [-0.15, -0.1) is 11.3 Å². The average molecular weight is 272 g/mol. The maximum Gasteiger partial charge on any atom is 0.433 e. The zero-order chi connectivity index (χ0) is 13.2. The van der Waals surface area contributed by atoms with Crippen molar-refractivity contribution in [3.8, 4) is 0 Å². The monoisotopic (exact) mass is 272 g/mol. The lowest BCUT2D eigenvalue weighted by molar-refractivity contribution is -0.141. The number of alkyl halides is 3. The molecule has 0 fully saturated rings. The number of aromatic nitrogens is 1. The summed E-state index contributed by atoms with van der Waals surface area (Å²) in [5.41, 5.74) is 0.245. The van der Waals surface area contributed by atoms with Gasteiger partial charge in [0.1, 0.15) is 11.5 Å². The number of pyridine rings is 1. The van der Waals surface area contributed by atoms with Gasteiger partial charge >= 0.3 is 6.18 Å². The third kappa shape index (κ3) is 3.01. The molecule has 18 heavy (non-hydrogen) atoms. The van der Waals surface area contributed by atoms with Gasteiger partial charge in [0.25, 0.3) is 0 Å². The highest BCUT2D eigenvalue weighted by Crippen LogP contribution is 2.28. The summed E-state index contributed by atoms with van der Waals surface area (Å²) in [5, 5.41) is 4.85. The van der Waals surface area contributed by atoms with E-state index in [9.17, 15) is 13.2 Å². The lowest BCUT2D eigenvalue weighted by atomic mass is 10.3. The van der Waals surface area contributed by atoms with Crippen LogP contribution < -0.4 is 5.32 Å². The first-order valence-electron chi connectivity index (χ1n) is 5.28. The molecule has 2 nitrogen and oxygen atoms in total. The molecule has 0 bridgehead atoms. The Morgan fingerprint density at radius 3 is 2.67 bits per heavy atom. The molecular formula is C12H11F3N2S. The minimum atomic E-state index is -4.41. The number of thiophene rings is 1. The Labute approximate surface area is 106 Å². The molecule has 2 aromatic rings. The van der Waals surface area contributed by atoms with Crippen LogP contribution in [0.2, 0.25) is 0 Å². The SMILES string of the molecule is Cc1ccsc1CNc1cccc(C(F)(F)F)n1. The number of aryl methyl sites for hydroxylation is 1. The second-order valence-electron chi connectivity index (χ2n) is 3.79. The summed E-state index contributed by atoms with van der Waals surface area (Å²) in [5.74, 6) is 0.234. The molecule has 6 heteroatoms. The van der Waals surface area contributed by atoms with Crippen LogP contribution in [0.15, 0.2) is 29.6 Å². The zero-order valence-corrected chi connectivity index (χ0v) is 10.4. The van der Waals surface area contributed by atoms with Crippen LogP contribution in [0.1, 0.15) is 16.1 Å². The molecule has 0 amide bonds. The molecule has 0 radical (unpaired) electrons. The van der Waals surface area contributed by atoms with Gasteiger partial charge in [0.05, 0.1) is 6.54 Å². The Hall–Kier alpha value is -1.56. The molecule has 96 valence electrons. The Balaban J connectivity index is 2.09. The standard InChI is InChI=1S/C12H11F3N2S/c1-8-5-6-18-9(8)7-16-11-4-2-3-10(17-11)12(13,14)15/h2-6H,7H2,1H3,(H,16,17). The maximum absolute atomic E-state index is 12.5. The van der Waals surface area contributed by atoms with Crippen LogP contribution >= 0.6 is 11.3 Å². The van der Waals surface area contributed by atoms with Crippen LogP contribution in [0.3, 0.4) is 0 Å². The highest BCUT2D eigenvalue weighted by molar-refractivity contribution is 7.10. The van der Waals surface area contributed by atoms with Crippen molar-refractivity contribution in [3.63, 3.8) is 0 Å². The molecule has 1 N–H and O–H groups in total. The molecule has 0 aliphatic heterocycles. The van der Waals surface area contributed by atoms with Gasteiger partial charge in [0, 0.05) is 4.88 Å². The quantitative estimate of drug-likeness (QED) is 0.910. The third-order valence-corrected chi connectivity index (χ3v) is 3.46. The minimum absolute atomic E-state index is 0.234. The molecule has 0 aliphatic rings. The number of anilines is 1. The second kappa shape index (κ2) is 4.97. The lowest BCUT2D eigenvalue weighted by Gasteiger charge is -2.09. The third-order valence-electron chi connectivity index (χ3n) is 2.44. The Morgan fingerprint density at radius 2 is 2.06 bits per heavy atom. The van der Waals surface area contributed by atoms with Gasteiger partial charge in [-0.1, -0.05) is 6.07 Å². The number of nitrogens with one attached hydrogen (secondary N) is 1. The fourth-order valence-electron chi connectivity index (χ4n) is 1.45. The smallest absolute Gasteiger partial charge is 0.365 e. The summed E-state index contributed by atoms with van der Waals surface area (Å²) in [7, 11) is 0. The topological polar surface area (TPSA) is 24.9 Å². The predicted molar refractivity (Wildman–Crippen MR) is 65.6 cm³/mol. The van der Waals surface area contributed by atoms with Gasteiger partial charge in [0.15, 0.2) is 0 Å². The number of hydrogen-bond donors (Lipinski definition) is 1. The van der Waals surface area contributed by atoms with Crippen molar-refractivity contribution < 1.29 is 13.2 Å². The molecule has 0 saturated carbocycles. The summed E-state index contributed by atoms with van der Waals surface area (Å²) in [4.78, 5) is 4.63. The predicted octanol–water partition coefficient (Wildman–Crippen LogP) is 4.08. The Kier molecular flexibility index (Phi) is 3.56. The van der Waals surface area contributed by atoms with Crippen molar-refractivity contribution in [2.45, 2.75) is 19.6 Å². The van der Waals surface area contributed by atoms with Crippen LogP contribution in [0.5, 0.6) is 0 Å². The van der Waals surface area contributed by atoms with E-state index >= 15 is 0 Å². The van der Waals surface area contributed by atoms with Crippen molar-refractivity contribution in [2.24, 2.45) is 0 Å². The van der Waals surface area contributed by atoms with E-state index < -0.39 is 11.9 Å². The van der Waals surface area contributed by atoms with Crippen molar-refractivity contribution in [3.05, 3.63) is 45.8 Å². The van der Waals surface area contributed by atoms with E-state index in [1.165, 1.54) is 12.1 Å². The van der Waals surface area contributed by atoms with E-state index in [0.717, 1.165) is 16.5 Å². The lowest BCUT2D eigenvalue weighted by Crippen LogP contribution is -2.10. The van der Waals surface area contributed by atoms with Crippen LogP contribution in [0.4, 0.5) is 19.0 Å². The van der Waals surface area contributed by atoms with E-state index in [2.05, 4.69) is 10.3 Å². The zero-order valence-electron chi connectivity index (χ0n) is 9.58. The fraction of sp³-hybridized carbons (Fsp3) is 0.250. The van der Waals surface area contributed by atoms with Crippen LogP contribution in [0, 0.1) is 6.92 Å². The fourth-order valence-corrected chi connectivity index (χ4v) is 2.29. The molecule has 0 unspecified atom stereocenters. The number of nitrogens with zero attached hydrogens (tertiary/aromatic N) is 1. The second-order valence-corrected chi connectivity index (χ2v) is 4.79. The molecule has 0 aromatic carbocycles. The highest BCUT2D eigenvalue weighted by Gasteiger charge is 2.32. The van der Waals surface area contributed by atoms with Crippen LogP contribution in [0.25, 0.3) is 0 Å². The summed E-state index contributed by atoms with van der Waals surface area (Å²) >= 11 is 1.57. The van der Waals surface area contributed by atoms with Crippen LogP contribution in [-0.2, 0) is 12.7 Å². The largest absolute Gasteiger partial charge is 0.433 e. The van der Waals surface area contributed by atoms with Gasteiger partial charge in [-0.25, -0.2) is 4.98 Å². The number of rotatable bonds is 3. The molecule has 2 rings (SSSR count). The Bertz CT molecular complexity index is 534. The molecule has 0 atom stereocenters. The first-order chi connectivity index (χ1) is 8.47. The van der Waals surface area contributed by atoms with Crippen molar-refractivity contribution >= 4 is 17.2 Å². The number of halogens is 3. The Morgan fingerprint density at radius 1 is 1.28 bits per heavy atom. The first-order valence-corrected chi connectivity index (χ1v) is 6.16. The van der Waals surface area contributed by atoms with Gasteiger partial charge < -0.3 is 5.32 Å². The summed E-state index contributed by atoms with van der Waals surface area (Å²) < 4.78 is 37.4. The van der Waals surface area contributed by atoms with E-state index in [-0.39, 0.29) is 5.82 Å². The van der Waals surface area contributed by atoms with E-state index in [4.69, 9.17) is 0 Å². The van der Waals surface area contributed by atoms with Crippen LogP contribution in [-0.4, -0.2) is 4.98 Å². The van der Waals surface area contributed by atoms with E-state index in [1.54, 1.807) is 11.3 Å². The van der Waals surface area contributed by atoms with Gasteiger partial charge in [-0.05, 0) is 36.1 Å². The van der Waals surface area contributed by atoms with Gasteiger partial charge in [0.2, 0.25) is 0 Å². The summed E-state index contributed by atoms with van der Waals surface area (Å²) in [6, 6.07) is 5.81. The molecule has 2 aromatic heterocycles. The first kappa shape index (κ1) is 12.9. The molecular weight excluding hydrogens is 261 g/mol. The summed E-state index contributed by atoms with van der Waals surface area (Å²) in [6.45, 7) is 2.45. The van der Waals surface area contributed by atoms with Crippen molar-refractivity contribution in [1.29, 1.82) is 0 Å². The van der Waals surface area contributed by atoms with Crippen molar-refractivity contribution in [1.82, 2.24) is 4.98 Å². The van der Waals surface area contributed by atoms with Gasteiger partial charge in [-0.2, -0.15) is 13.2 Å². The molecule has 0 saturated heterocycles. The minimum Gasteiger partial charge on any atom is -0.365 e. The average Bonchev–Trinajstić information content (AvgIpc) is 2.72. The normalized spacial score (nSPS) is 11.6. The van der Waals surface area contributed by atoms with E-state index in [1.807, 2.05) is 18.4 Å². The maximum atomic E-state index is 12.5. The number of hydrogen-bond acceptors (Lipinski definition) is 3. The van der Waals surface area contributed by atoms with Gasteiger partial charge in [-0.3, -0.25) is 0 Å². The molecule has 0 spiro atoms. The molecule has 2 heterocycles. The molecule has 0 aliphatic carbocycles. The highest BCUT2D eigenvalue weighted by atomic mass is 32.1.